The number of ether oxygens (including phenoxy) is 1. The molecule has 0 amide bonds. The van der Waals surface area contributed by atoms with Gasteiger partial charge in [-0.3, -0.25) is 10.5 Å². The van der Waals surface area contributed by atoms with Gasteiger partial charge in [0.1, 0.15) is 23.2 Å². The third kappa shape index (κ3) is 4.21. The lowest BCUT2D eigenvalue weighted by Crippen LogP contribution is -2.20. The van der Waals surface area contributed by atoms with Crippen molar-refractivity contribution in [2.24, 2.45) is 5.73 Å². The first kappa shape index (κ1) is 19.1. The number of aromatic nitrogens is 1. The molecule has 0 aliphatic rings. The van der Waals surface area contributed by atoms with Crippen molar-refractivity contribution >= 4 is 27.2 Å². The van der Waals surface area contributed by atoms with Crippen molar-refractivity contribution in [1.29, 1.82) is 0 Å². The van der Waals surface area contributed by atoms with Crippen LogP contribution in [0.2, 0.25) is 0 Å². The average molecular weight is 415 g/mol. The second-order valence-electron chi connectivity index (χ2n) is 5.26. The second-order valence-corrected chi connectivity index (χ2v) is 7.59. The van der Waals surface area contributed by atoms with E-state index >= 15 is 0 Å². The van der Waals surface area contributed by atoms with Gasteiger partial charge in [-0.2, -0.15) is 0 Å². The molecule has 11 heteroatoms. The van der Waals surface area contributed by atoms with Gasteiger partial charge >= 0.3 is 0 Å². The van der Waals surface area contributed by atoms with Crippen LogP contribution in [0.15, 0.2) is 52.2 Å². The number of nitrogens with one attached hydrogen (secondary N) is 1. The minimum atomic E-state index is -4.55. The first-order valence-electron chi connectivity index (χ1n) is 7.34. The highest BCUT2D eigenvalue weighted by Gasteiger charge is 2.26. The highest BCUT2D eigenvalue weighted by atomic mass is 32.2. The van der Waals surface area contributed by atoms with E-state index in [1.807, 2.05) is 4.72 Å². The Kier molecular flexibility index (Phi) is 5.35. The van der Waals surface area contributed by atoms with Gasteiger partial charge in [-0.05, 0) is 6.07 Å². The summed E-state index contributed by atoms with van der Waals surface area (Å²) >= 11 is 1.10. The normalized spacial score (nSPS) is 12.6. The highest BCUT2D eigenvalue weighted by molar-refractivity contribution is 7.92. The van der Waals surface area contributed by atoms with E-state index in [2.05, 4.69) is 4.98 Å². The molecular formula is C16H12F3N3O3S2. The molecule has 27 heavy (non-hydrogen) atoms. The Balaban J connectivity index is 1.88. The highest BCUT2D eigenvalue weighted by Crippen LogP contribution is 2.28. The fourth-order valence-corrected chi connectivity index (χ4v) is 3.91. The van der Waals surface area contributed by atoms with Gasteiger partial charge in [-0.1, -0.05) is 18.2 Å². The van der Waals surface area contributed by atoms with Crippen molar-refractivity contribution in [3.8, 4) is 5.75 Å². The van der Waals surface area contributed by atoms with Gasteiger partial charge < -0.3 is 4.74 Å². The smallest absolute Gasteiger partial charge is 0.268 e. The largest absolute Gasteiger partial charge is 0.471 e. The molecular weight excluding hydrogens is 403 g/mol. The summed E-state index contributed by atoms with van der Waals surface area (Å²) in [6.07, 6.45) is -1.35. The molecule has 6 nitrogen and oxygen atoms in total. The molecule has 0 radical (unpaired) electrons. The van der Waals surface area contributed by atoms with Gasteiger partial charge in [0.15, 0.2) is 16.9 Å². The number of hydrogen-bond acceptors (Lipinski definition) is 6. The summed E-state index contributed by atoms with van der Waals surface area (Å²) < 4.78 is 73.8. The Labute approximate surface area is 156 Å². The van der Waals surface area contributed by atoms with Crippen LogP contribution >= 0.6 is 11.3 Å². The lowest BCUT2D eigenvalue weighted by molar-refractivity contribution is 0.206. The number of sulfonamides is 1. The monoisotopic (exact) mass is 415 g/mol. The number of thiazole rings is 1. The van der Waals surface area contributed by atoms with E-state index in [0.29, 0.717) is 12.1 Å². The van der Waals surface area contributed by atoms with E-state index < -0.39 is 44.3 Å². The molecule has 1 aromatic heterocycles. The van der Waals surface area contributed by atoms with Gasteiger partial charge in [-0.15, -0.1) is 11.3 Å². The van der Waals surface area contributed by atoms with Crippen LogP contribution in [-0.4, -0.2) is 13.4 Å². The zero-order valence-corrected chi connectivity index (χ0v) is 15.0. The summed E-state index contributed by atoms with van der Waals surface area (Å²) in [6, 6.07) is 6.77. The molecule has 0 aliphatic heterocycles. The molecule has 0 fully saturated rings. The third-order valence-corrected chi connectivity index (χ3v) is 5.38. The maximum atomic E-state index is 14.3. The quantitative estimate of drug-likeness (QED) is 0.602. The van der Waals surface area contributed by atoms with Crippen LogP contribution in [0.4, 0.5) is 19.0 Å². The summed E-state index contributed by atoms with van der Waals surface area (Å²) in [6.45, 7) is 0. The Bertz CT molecular complexity index is 1040. The summed E-state index contributed by atoms with van der Waals surface area (Å²) in [4.78, 5) is 2.50. The van der Waals surface area contributed by atoms with Crippen LogP contribution < -0.4 is 15.2 Å². The van der Waals surface area contributed by atoms with Crippen molar-refractivity contribution in [1.82, 2.24) is 4.98 Å². The average Bonchev–Trinajstić information content (AvgIpc) is 3.06. The van der Waals surface area contributed by atoms with Crippen LogP contribution in [0, 0.1) is 17.5 Å². The number of nitrogens with zero attached hydrogens (tertiary/aromatic N) is 1. The van der Waals surface area contributed by atoms with Gasteiger partial charge in [0.25, 0.3) is 10.0 Å². The maximum Gasteiger partial charge on any atom is 0.268 e. The van der Waals surface area contributed by atoms with Crippen molar-refractivity contribution in [2.75, 3.05) is 4.72 Å². The Morgan fingerprint density at radius 2 is 1.78 bits per heavy atom. The minimum absolute atomic E-state index is 0.0276. The SMILES string of the molecule is N[C@H](Oc1cc(F)c(S(=O)(=O)Nc2cscn2)c(F)c1)c1ccccc1F. The van der Waals surface area contributed by atoms with Gasteiger partial charge in [0.2, 0.25) is 0 Å². The number of nitrogens with two attached hydrogens (primary N) is 1. The van der Waals surface area contributed by atoms with Crippen molar-refractivity contribution in [3.63, 3.8) is 0 Å². The molecule has 2 aromatic carbocycles. The Hall–Kier alpha value is -2.63. The number of halogens is 3. The molecule has 1 atom stereocenters. The fraction of sp³-hybridized carbons (Fsp3) is 0.0625. The van der Waals surface area contributed by atoms with Gasteiger partial charge in [0.05, 0.1) is 5.51 Å². The minimum Gasteiger partial charge on any atom is -0.471 e. The van der Waals surface area contributed by atoms with Gasteiger partial charge in [-0.25, -0.2) is 26.6 Å². The standard InChI is InChI=1S/C16H12F3N3O3S2/c17-11-4-2-1-3-10(11)16(20)25-9-5-12(18)15(13(19)6-9)27(23,24)22-14-7-26-8-21-14/h1-8,16,22H,20H2/t16-/m1/s1. The molecule has 0 saturated heterocycles. The molecule has 0 spiro atoms. The van der Waals surface area contributed by atoms with Crippen LogP contribution in [0.1, 0.15) is 11.8 Å². The lowest BCUT2D eigenvalue weighted by Gasteiger charge is -2.16. The lowest BCUT2D eigenvalue weighted by atomic mass is 10.2. The molecule has 1 heterocycles. The molecule has 3 rings (SSSR count). The summed E-state index contributed by atoms with van der Waals surface area (Å²) in [5.74, 6) is -3.91. The zero-order valence-electron chi connectivity index (χ0n) is 13.4. The van der Waals surface area contributed by atoms with Gasteiger partial charge in [0, 0.05) is 23.1 Å². The van der Waals surface area contributed by atoms with Crippen molar-refractivity contribution in [2.45, 2.75) is 11.1 Å². The third-order valence-electron chi connectivity index (χ3n) is 3.39. The van der Waals surface area contributed by atoms with E-state index in [1.165, 1.54) is 29.1 Å². The maximum absolute atomic E-state index is 14.3. The van der Waals surface area contributed by atoms with E-state index in [9.17, 15) is 21.6 Å². The van der Waals surface area contributed by atoms with Crippen LogP contribution in [0.5, 0.6) is 5.75 Å². The van der Waals surface area contributed by atoms with Crippen LogP contribution in [0.3, 0.4) is 0 Å². The van der Waals surface area contributed by atoms with Crippen molar-refractivity contribution < 1.29 is 26.3 Å². The summed E-state index contributed by atoms with van der Waals surface area (Å²) in [7, 11) is -4.55. The van der Waals surface area contributed by atoms with E-state index in [1.54, 1.807) is 0 Å². The van der Waals surface area contributed by atoms with Crippen molar-refractivity contribution in [3.05, 3.63) is 70.3 Å². The van der Waals surface area contributed by atoms with Crippen LogP contribution in [-0.2, 0) is 10.0 Å². The number of anilines is 1. The van der Waals surface area contributed by atoms with Crippen LogP contribution in [0.25, 0.3) is 0 Å². The van der Waals surface area contributed by atoms with E-state index in [0.717, 1.165) is 17.4 Å². The zero-order chi connectivity index (χ0) is 19.6. The first-order chi connectivity index (χ1) is 12.8. The summed E-state index contributed by atoms with van der Waals surface area (Å²) in [5, 5.41) is 1.36. The molecule has 3 N–H and O–H groups in total. The molecule has 0 bridgehead atoms. The number of rotatable bonds is 6. The first-order valence-corrected chi connectivity index (χ1v) is 9.77. The second kappa shape index (κ2) is 7.55. The number of benzene rings is 2. The molecule has 3 aromatic rings. The fourth-order valence-electron chi connectivity index (χ4n) is 2.23. The Morgan fingerprint density at radius 3 is 2.37 bits per heavy atom. The topological polar surface area (TPSA) is 94.3 Å². The predicted molar refractivity (Wildman–Crippen MR) is 93.2 cm³/mol. The molecule has 0 unspecified atom stereocenters. The number of hydrogen-bond donors (Lipinski definition) is 2. The van der Waals surface area contributed by atoms with E-state index in [-0.39, 0.29) is 11.4 Å². The predicted octanol–water partition coefficient (Wildman–Crippen LogP) is 3.40. The Morgan fingerprint density at radius 1 is 1.11 bits per heavy atom. The molecule has 0 aliphatic carbocycles. The molecule has 0 saturated carbocycles. The summed E-state index contributed by atoms with van der Waals surface area (Å²) in [5.41, 5.74) is 7.02. The molecule has 142 valence electrons. The van der Waals surface area contributed by atoms with E-state index in [4.69, 9.17) is 10.5 Å².